The second-order valence-electron chi connectivity index (χ2n) is 7.15. The van der Waals surface area contributed by atoms with Gasteiger partial charge in [-0.05, 0) is 51.0 Å². The molecule has 0 bridgehead atoms. The number of nitrogens with zero attached hydrogens (tertiary/aromatic N) is 1. The Morgan fingerprint density at radius 1 is 0.931 bits per heavy atom. The SMILES string of the molecule is CC(C)NC(=O)C(C)N(Cc1c(Cl)cccc1Cl)C(=O)CCc1ccccc1Cl. The molecule has 2 aromatic rings. The van der Waals surface area contributed by atoms with Gasteiger partial charge in [-0.1, -0.05) is 59.1 Å². The summed E-state index contributed by atoms with van der Waals surface area (Å²) < 4.78 is 0. The molecule has 2 aromatic carbocycles. The van der Waals surface area contributed by atoms with Gasteiger partial charge in [-0.3, -0.25) is 9.59 Å². The summed E-state index contributed by atoms with van der Waals surface area (Å²) in [5.41, 5.74) is 1.50. The number of amides is 2. The van der Waals surface area contributed by atoms with Gasteiger partial charge in [-0.15, -0.1) is 0 Å². The number of rotatable bonds is 8. The molecule has 0 radical (unpaired) electrons. The number of halogens is 3. The molecule has 0 aliphatic carbocycles. The van der Waals surface area contributed by atoms with E-state index in [-0.39, 0.29) is 30.8 Å². The largest absolute Gasteiger partial charge is 0.352 e. The molecule has 0 heterocycles. The van der Waals surface area contributed by atoms with Gasteiger partial charge in [0.05, 0.1) is 0 Å². The molecule has 2 amide bonds. The molecule has 0 fully saturated rings. The van der Waals surface area contributed by atoms with Gasteiger partial charge < -0.3 is 10.2 Å². The number of carbonyl (C=O) groups is 2. The van der Waals surface area contributed by atoms with Crippen LogP contribution in [-0.4, -0.2) is 28.8 Å². The number of carbonyl (C=O) groups excluding carboxylic acids is 2. The quantitative estimate of drug-likeness (QED) is 0.569. The van der Waals surface area contributed by atoms with Crippen molar-refractivity contribution in [1.29, 1.82) is 0 Å². The van der Waals surface area contributed by atoms with Gasteiger partial charge in [-0.25, -0.2) is 0 Å². The van der Waals surface area contributed by atoms with Crippen LogP contribution < -0.4 is 5.32 Å². The highest BCUT2D eigenvalue weighted by molar-refractivity contribution is 6.36. The van der Waals surface area contributed by atoms with Crippen molar-refractivity contribution in [1.82, 2.24) is 10.2 Å². The van der Waals surface area contributed by atoms with Crippen LogP contribution in [0.4, 0.5) is 0 Å². The number of benzene rings is 2. The Hall–Kier alpha value is -1.75. The van der Waals surface area contributed by atoms with Gasteiger partial charge in [0.25, 0.3) is 0 Å². The fraction of sp³-hybridized carbons (Fsp3) is 0.364. The first kappa shape index (κ1) is 23.5. The Labute approximate surface area is 187 Å². The number of hydrogen-bond donors (Lipinski definition) is 1. The summed E-state index contributed by atoms with van der Waals surface area (Å²) in [6.45, 7) is 5.60. The van der Waals surface area contributed by atoms with Gasteiger partial charge in [0.15, 0.2) is 0 Å². The van der Waals surface area contributed by atoms with E-state index in [4.69, 9.17) is 34.8 Å². The summed E-state index contributed by atoms with van der Waals surface area (Å²) in [6, 6.07) is 11.9. The standard InChI is InChI=1S/C22H25Cl3N2O2/c1-14(2)26-22(29)15(3)27(13-17-19(24)9-6-10-20(17)25)21(28)12-11-16-7-4-5-8-18(16)23/h4-10,14-15H,11-13H2,1-3H3,(H,26,29). The summed E-state index contributed by atoms with van der Waals surface area (Å²) in [4.78, 5) is 27.2. The van der Waals surface area contributed by atoms with Crippen molar-refractivity contribution in [2.24, 2.45) is 0 Å². The summed E-state index contributed by atoms with van der Waals surface area (Å²) in [5, 5.41) is 4.39. The molecule has 2 rings (SSSR count). The summed E-state index contributed by atoms with van der Waals surface area (Å²) >= 11 is 18.8. The number of aryl methyl sites for hydroxylation is 1. The highest BCUT2D eigenvalue weighted by atomic mass is 35.5. The topological polar surface area (TPSA) is 49.4 Å². The third-order valence-electron chi connectivity index (χ3n) is 4.55. The molecule has 1 N–H and O–H groups in total. The van der Waals surface area contributed by atoms with Crippen LogP contribution in [-0.2, 0) is 22.6 Å². The normalized spacial score (nSPS) is 12.0. The van der Waals surface area contributed by atoms with Crippen LogP contribution >= 0.6 is 34.8 Å². The van der Waals surface area contributed by atoms with Crippen molar-refractivity contribution in [3.63, 3.8) is 0 Å². The Balaban J connectivity index is 2.24. The summed E-state index contributed by atoms with van der Waals surface area (Å²) in [6.07, 6.45) is 0.689. The lowest BCUT2D eigenvalue weighted by atomic mass is 10.1. The molecular formula is C22H25Cl3N2O2. The number of hydrogen-bond acceptors (Lipinski definition) is 2. The highest BCUT2D eigenvalue weighted by Gasteiger charge is 2.27. The maximum absolute atomic E-state index is 13.1. The Kier molecular flexibility index (Phi) is 8.81. The van der Waals surface area contributed by atoms with Crippen LogP contribution in [0.5, 0.6) is 0 Å². The molecule has 1 unspecified atom stereocenters. The third kappa shape index (κ3) is 6.63. The lowest BCUT2D eigenvalue weighted by Crippen LogP contribution is -2.49. The minimum absolute atomic E-state index is 0.0334. The molecule has 0 aliphatic heterocycles. The van der Waals surface area contributed by atoms with E-state index in [0.717, 1.165) is 5.56 Å². The molecular weight excluding hydrogens is 431 g/mol. The summed E-state index contributed by atoms with van der Waals surface area (Å²) in [7, 11) is 0. The van der Waals surface area contributed by atoms with Crippen LogP contribution in [0.25, 0.3) is 0 Å². The van der Waals surface area contributed by atoms with Crippen molar-refractivity contribution in [3.8, 4) is 0 Å². The maximum atomic E-state index is 13.1. The fourth-order valence-corrected chi connectivity index (χ4v) is 3.68. The zero-order valence-electron chi connectivity index (χ0n) is 16.7. The van der Waals surface area contributed by atoms with Crippen LogP contribution in [0.2, 0.25) is 15.1 Å². The molecule has 29 heavy (non-hydrogen) atoms. The first-order chi connectivity index (χ1) is 13.7. The molecule has 0 spiro atoms. The minimum atomic E-state index is -0.677. The monoisotopic (exact) mass is 454 g/mol. The predicted octanol–water partition coefficient (Wildman–Crippen LogP) is 5.52. The van der Waals surface area contributed by atoms with E-state index in [1.54, 1.807) is 31.2 Å². The summed E-state index contributed by atoms with van der Waals surface area (Å²) in [5.74, 6) is -0.401. The van der Waals surface area contributed by atoms with Crippen LogP contribution in [0.3, 0.4) is 0 Å². The van der Waals surface area contributed by atoms with Crippen LogP contribution in [0.1, 0.15) is 38.3 Å². The van der Waals surface area contributed by atoms with Crippen molar-refractivity contribution in [2.75, 3.05) is 0 Å². The molecule has 4 nitrogen and oxygen atoms in total. The third-order valence-corrected chi connectivity index (χ3v) is 5.63. The Bertz CT molecular complexity index is 851. The van der Waals surface area contributed by atoms with Gasteiger partial charge in [0.1, 0.15) is 6.04 Å². The van der Waals surface area contributed by atoms with Crippen molar-refractivity contribution in [3.05, 3.63) is 68.7 Å². The first-order valence-electron chi connectivity index (χ1n) is 9.46. The highest BCUT2D eigenvalue weighted by Crippen LogP contribution is 2.27. The van der Waals surface area contributed by atoms with Crippen molar-refractivity contribution >= 4 is 46.6 Å². The molecule has 0 aliphatic rings. The van der Waals surface area contributed by atoms with E-state index in [2.05, 4.69) is 5.32 Å². The van der Waals surface area contributed by atoms with Crippen LogP contribution in [0, 0.1) is 0 Å². The fourth-order valence-electron chi connectivity index (χ4n) is 2.93. The van der Waals surface area contributed by atoms with E-state index in [9.17, 15) is 9.59 Å². The molecule has 7 heteroatoms. The molecule has 0 saturated carbocycles. The van der Waals surface area contributed by atoms with Crippen molar-refractivity contribution < 1.29 is 9.59 Å². The van der Waals surface area contributed by atoms with Crippen molar-refractivity contribution in [2.45, 2.75) is 52.2 Å². The van der Waals surface area contributed by atoms with Gasteiger partial charge in [0.2, 0.25) is 11.8 Å². The number of nitrogens with one attached hydrogen (secondary N) is 1. The smallest absolute Gasteiger partial charge is 0.242 e. The average Bonchev–Trinajstić information content (AvgIpc) is 2.66. The second kappa shape index (κ2) is 10.9. The molecule has 1 atom stereocenters. The first-order valence-corrected chi connectivity index (χ1v) is 10.6. The van der Waals surface area contributed by atoms with Crippen LogP contribution in [0.15, 0.2) is 42.5 Å². The van der Waals surface area contributed by atoms with E-state index < -0.39 is 6.04 Å². The molecule has 0 aromatic heterocycles. The van der Waals surface area contributed by atoms with Gasteiger partial charge in [0, 0.05) is 39.6 Å². The van der Waals surface area contributed by atoms with E-state index >= 15 is 0 Å². The predicted molar refractivity (Wildman–Crippen MR) is 120 cm³/mol. The Morgan fingerprint density at radius 3 is 2.10 bits per heavy atom. The zero-order chi connectivity index (χ0) is 21.6. The van der Waals surface area contributed by atoms with E-state index in [0.29, 0.717) is 27.1 Å². The second-order valence-corrected chi connectivity index (χ2v) is 8.37. The van der Waals surface area contributed by atoms with Gasteiger partial charge >= 0.3 is 0 Å². The average molecular weight is 456 g/mol. The molecule has 0 saturated heterocycles. The zero-order valence-corrected chi connectivity index (χ0v) is 19.0. The van der Waals surface area contributed by atoms with E-state index in [1.807, 2.05) is 32.0 Å². The lowest BCUT2D eigenvalue weighted by Gasteiger charge is -2.30. The maximum Gasteiger partial charge on any atom is 0.242 e. The Morgan fingerprint density at radius 2 is 1.52 bits per heavy atom. The minimum Gasteiger partial charge on any atom is -0.352 e. The van der Waals surface area contributed by atoms with E-state index in [1.165, 1.54) is 4.90 Å². The van der Waals surface area contributed by atoms with Gasteiger partial charge in [-0.2, -0.15) is 0 Å². The molecule has 156 valence electrons. The lowest BCUT2D eigenvalue weighted by molar-refractivity contribution is -0.140.